The summed E-state index contributed by atoms with van der Waals surface area (Å²) in [5.74, 6) is 1.82. The van der Waals surface area contributed by atoms with E-state index in [1.807, 2.05) is 0 Å². The Hall–Kier alpha value is -0.850. The van der Waals surface area contributed by atoms with Crippen LogP contribution < -0.4 is 0 Å². The largest absolute Gasteiger partial charge is 0.416 e. The highest BCUT2D eigenvalue weighted by Crippen LogP contribution is 2.38. The van der Waals surface area contributed by atoms with Gasteiger partial charge in [-0.3, -0.25) is 0 Å². The minimum absolute atomic E-state index is 0.0673. The zero-order valence-electron chi connectivity index (χ0n) is 10.5. The molecule has 0 spiro atoms. The molecule has 0 unspecified atom stereocenters. The van der Waals surface area contributed by atoms with Gasteiger partial charge < -0.3 is 0 Å². The molecule has 0 aliphatic carbocycles. The highest BCUT2D eigenvalue weighted by Gasteiger charge is 2.32. The van der Waals surface area contributed by atoms with Crippen molar-refractivity contribution < 1.29 is 13.2 Å². The van der Waals surface area contributed by atoms with Crippen LogP contribution in [-0.2, 0) is 18.3 Å². The van der Waals surface area contributed by atoms with E-state index >= 15 is 0 Å². The third-order valence-corrected chi connectivity index (χ3v) is 4.78. The standard InChI is InChI=1S/C13H9Cl2F3N2S/c14-9-3-8(13(16,17)18)4-10(15)12(9)20-5-7-6-21-2-1-11(7)19-20/h3-5H,1-2,6H2. The Morgan fingerprint density at radius 1 is 1.19 bits per heavy atom. The summed E-state index contributed by atoms with van der Waals surface area (Å²) >= 11 is 13.8. The third kappa shape index (κ3) is 2.89. The second-order valence-corrected chi connectivity index (χ2v) is 6.55. The first kappa shape index (κ1) is 15.1. The van der Waals surface area contributed by atoms with Gasteiger partial charge >= 0.3 is 6.18 Å². The fourth-order valence-corrected chi connectivity index (χ4v) is 3.79. The van der Waals surface area contributed by atoms with Crippen LogP contribution in [0.25, 0.3) is 5.69 Å². The minimum Gasteiger partial charge on any atom is -0.237 e. The molecule has 21 heavy (non-hydrogen) atoms. The predicted octanol–water partition coefficient (Wildman–Crippen LogP) is 4.99. The van der Waals surface area contributed by atoms with Gasteiger partial charge in [-0.1, -0.05) is 23.2 Å². The van der Waals surface area contributed by atoms with Crippen molar-refractivity contribution in [2.75, 3.05) is 5.75 Å². The fourth-order valence-electron chi connectivity index (χ4n) is 2.19. The Bertz CT molecular complexity index is 651. The Balaban J connectivity index is 2.08. The number of halogens is 5. The van der Waals surface area contributed by atoms with Crippen molar-refractivity contribution in [1.29, 1.82) is 0 Å². The van der Waals surface area contributed by atoms with E-state index < -0.39 is 11.7 Å². The summed E-state index contributed by atoms with van der Waals surface area (Å²) in [7, 11) is 0. The number of thioether (sulfide) groups is 1. The monoisotopic (exact) mass is 352 g/mol. The van der Waals surface area contributed by atoms with Crippen molar-refractivity contribution >= 4 is 35.0 Å². The van der Waals surface area contributed by atoms with E-state index in [1.54, 1.807) is 18.0 Å². The number of aromatic nitrogens is 2. The molecule has 1 aromatic carbocycles. The minimum atomic E-state index is -4.48. The molecular formula is C13H9Cl2F3N2S. The maximum Gasteiger partial charge on any atom is 0.416 e. The Morgan fingerprint density at radius 3 is 2.43 bits per heavy atom. The van der Waals surface area contributed by atoms with Crippen LogP contribution in [-0.4, -0.2) is 15.5 Å². The molecule has 0 fully saturated rings. The van der Waals surface area contributed by atoms with E-state index in [4.69, 9.17) is 23.2 Å². The number of alkyl halides is 3. The molecule has 0 bridgehead atoms. The summed E-state index contributed by atoms with van der Waals surface area (Å²) in [6.45, 7) is 0. The van der Waals surface area contributed by atoms with Crippen molar-refractivity contribution in [2.24, 2.45) is 0 Å². The number of hydrogen-bond acceptors (Lipinski definition) is 2. The Labute approximate surface area is 133 Å². The van der Waals surface area contributed by atoms with Gasteiger partial charge in [0.1, 0.15) is 5.69 Å². The molecule has 0 N–H and O–H groups in total. The molecule has 2 nitrogen and oxygen atoms in total. The van der Waals surface area contributed by atoms with Gasteiger partial charge in [-0.25, -0.2) is 4.68 Å². The van der Waals surface area contributed by atoms with Gasteiger partial charge in [0.25, 0.3) is 0 Å². The SMILES string of the molecule is FC(F)(F)c1cc(Cl)c(-n2cc3c(n2)CCSC3)c(Cl)c1. The highest BCUT2D eigenvalue weighted by molar-refractivity contribution is 7.98. The zero-order valence-corrected chi connectivity index (χ0v) is 12.9. The normalized spacial score (nSPS) is 15.1. The predicted molar refractivity (Wildman–Crippen MR) is 78.5 cm³/mol. The van der Waals surface area contributed by atoms with Gasteiger partial charge in [0.15, 0.2) is 0 Å². The van der Waals surface area contributed by atoms with Gasteiger partial charge in [0.2, 0.25) is 0 Å². The summed E-state index contributed by atoms with van der Waals surface area (Å²) in [5.41, 5.74) is 1.43. The van der Waals surface area contributed by atoms with Crippen LogP contribution in [0.4, 0.5) is 13.2 Å². The van der Waals surface area contributed by atoms with Gasteiger partial charge in [-0.15, -0.1) is 0 Å². The summed E-state index contributed by atoms with van der Waals surface area (Å²) < 4.78 is 39.6. The highest BCUT2D eigenvalue weighted by atomic mass is 35.5. The molecule has 112 valence electrons. The Kier molecular flexibility index (Phi) is 3.88. The van der Waals surface area contributed by atoms with Crippen LogP contribution in [0.1, 0.15) is 16.8 Å². The molecule has 2 heterocycles. The van der Waals surface area contributed by atoms with Crippen molar-refractivity contribution in [2.45, 2.75) is 18.3 Å². The molecule has 0 atom stereocenters. The topological polar surface area (TPSA) is 17.8 Å². The van der Waals surface area contributed by atoms with E-state index in [2.05, 4.69) is 5.10 Å². The quantitative estimate of drug-likeness (QED) is 0.719. The zero-order chi connectivity index (χ0) is 15.2. The van der Waals surface area contributed by atoms with Gasteiger partial charge in [0, 0.05) is 23.9 Å². The molecular weight excluding hydrogens is 344 g/mol. The molecule has 0 amide bonds. The van der Waals surface area contributed by atoms with E-state index in [0.29, 0.717) is 0 Å². The molecule has 0 saturated heterocycles. The van der Waals surface area contributed by atoms with Crippen molar-refractivity contribution in [1.82, 2.24) is 9.78 Å². The molecule has 0 radical (unpaired) electrons. The molecule has 2 aromatic rings. The molecule has 1 aromatic heterocycles. The first-order valence-electron chi connectivity index (χ1n) is 6.08. The number of hydrogen-bond donors (Lipinski definition) is 0. The van der Waals surface area contributed by atoms with Crippen LogP contribution in [0.3, 0.4) is 0 Å². The summed E-state index contributed by atoms with van der Waals surface area (Å²) in [4.78, 5) is 0. The van der Waals surface area contributed by atoms with E-state index in [-0.39, 0.29) is 15.7 Å². The lowest BCUT2D eigenvalue weighted by Gasteiger charge is -2.12. The van der Waals surface area contributed by atoms with Crippen LogP contribution in [0, 0.1) is 0 Å². The number of aryl methyl sites for hydroxylation is 1. The van der Waals surface area contributed by atoms with E-state index in [0.717, 1.165) is 41.3 Å². The molecule has 8 heteroatoms. The fraction of sp³-hybridized carbons (Fsp3) is 0.308. The molecule has 1 aliphatic rings. The third-order valence-electron chi connectivity index (χ3n) is 3.19. The number of rotatable bonds is 1. The Morgan fingerprint density at radius 2 is 1.86 bits per heavy atom. The van der Waals surface area contributed by atoms with Crippen LogP contribution in [0.5, 0.6) is 0 Å². The second-order valence-electron chi connectivity index (χ2n) is 4.63. The van der Waals surface area contributed by atoms with Gasteiger partial charge in [-0.2, -0.15) is 30.0 Å². The summed E-state index contributed by atoms with van der Waals surface area (Å²) in [6, 6.07) is 1.75. The first-order valence-corrected chi connectivity index (χ1v) is 7.99. The van der Waals surface area contributed by atoms with E-state index in [1.165, 1.54) is 4.68 Å². The molecule has 1 aliphatic heterocycles. The number of benzene rings is 1. The van der Waals surface area contributed by atoms with Crippen LogP contribution >= 0.6 is 35.0 Å². The van der Waals surface area contributed by atoms with Crippen LogP contribution in [0.2, 0.25) is 10.0 Å². The van der Waals surface area contributed by atoms with Crippen LogP contribution in [0.15, 0.2) is 18.3 Å². The lowest BCUT2D eigenvalue weighted by molar-refractivity contribution is -0.137. The maximum atomic E-state index is 12.7. The van der Waals surface area contributed by atoms with Crippen molar-refractivity contribution in [3.8, 4) is 5.69 Å². The molecule has 0 saturated carbocycles. The van der Waals surface area contributed by atoms with Crippen molar-refractivity contribution in [3.63, 3.8) is 0 Å². The first-order chi connectivity index (χ1) is 9.86. The summed E-state index contributed by atoms with van der Waals surface area (Å²) in [6.07, 6.45) is -1.86. The van der Waals surface area contributed by atoms with Gasteiger partial charge in [-0.05, 0) is 17.9 Å². The average molecular weight is 353 g/mol. The molecule has 3 rings (SSSR count). The smallest absolute Gasteiger partial charge is 0.237 e. The maximum absolute atomic E-state index is 12.7. The average Bonchev–Trinajstić information content (AvgIpc) is 2.79. The lowest BCUT2D eigenvalue weighted by atomic mass is 10.2. The van der Waals surface area contributed by atoms with Gasteiger partial charge in [0.05, 0.1) is 21.3 Å². The summed E-state index contributed by atoms with van der Waals surface area (Å²) in [5, 5.41) is 4.25. The number of fused-ring (bicyclic) bond motifs is 1. The van der Waals surface area contributed by atoms with E-state index in [9.17, 15) is 13.2 Å². The van der Waals surface area contributed by atoms with Crippen molar-refractivity contribution in [3.05, 3.63) is 45.2 Å². The number of nitrogens with zero attached hydrogens (tertiary/aromatic N) is 2. The lowest BCUT2D eigenvalue weighted by Crippen LogP contribution is -2.07. The second kappa shape index (κ2) is 5.41.